The van der Waals surface area contributed by atoms with Crippen LogP contribution < -0.4 is 4.46 Å². The predicted molar refractivity (Wildman–Crippen MR) is 133 cm³/mol. The summed E-state index contributed by atoms with van der Waals surface area (Å²) in [5.74, 6) is 0. The second-order valence-corrected chi connectivity index (χ2v) is 17.7. The molecule has 1 aromatic carbocycles. The Morgan fingerprint density at radius 3 is 1.97 bits per heavy atom. The van der Waals surface area contributed by atoms with E-state index in [-0.39, 0.29) is 19.8 Å². The van der Waals surface area contributed by atoms with Gasteiger partial charge in [0.15, 0.2) is 0 Å². The number of hydrogen-bond acceptors (Lipinski definition) is 3. The zero-order chi connectivity index (χ0) is 22.7. The van der Waals surface area contributed by atoms with Crippen LogP contribution in [0.4, 0.5) is 0 Å². The van der Waals surface area contributed by atoms with E-state index in [1.165, 1.54) is 4.46 Å². The van der Waals surface area contributed by atoms with Crippen molar-refractivity contribution in [3.63, 3.8) is 0 Å². The summed E-state index contributed by atoms with van der Waals surface area (Å²) in [4.78, 5) is 0.255. The molecule has 0 aliphatic carbocycles. The van der Waals surface area contributed by atoms with Crippen molar-refractivity contribution < 1.29 is 14.6 Å². The Bertz CT molecular complexity index is 543. The van der Waals surface area contributed by atoms with Crippen LogP contribution in [0.15, 0.2) is 30.3 Å². The van der Waals surface area contributed by atoms with Gasteiger partial charge in [0.1, 0.15) is 0 Å². The topological polar surface area (TPSA) is 49.7 Å². The van der Waals surface area contributed by atoms with Gasteiger partial charge in [-0.2, -0.15) is 0 Å². The van der Waals surface area contributed by atoms with E-state index >= 15 is 0 Å². The summed E-state index contributed by atoms with van der Waals surface area (Å²) in [7, 11) is -1.90. The molecule has 0 aliphatic heterocycles. The molecular weight excluding hydrogens is 455 g/mol. The van der Waals surface area contributed by atoms with Gasteiger partial charge >= 0.3 is 194 Å². The predicted octanol–water partition coefficient (Wildman–Crippen LogP) is 5.69. The van der Waals surface area contributed by atoms with Crippen molar-refractivity contribution in [2.75, 3.05) is 6.61 Å². The first-order chi connectivity index (χ1) is 14.1. The molecule has 174 valence electrons. The first kappa shape index (κ1) is 27.9. The molecule has 5 heteroatoms. The number of aliphatic hydroxyl groups excluding tert-OH is 2. The molecular formula is C25H46O3SeSi. The normalized spacial score (nSPS) is 15.7. The van der Waals surface area contributed by atoms with Crippen LogP contribution in [0.3, 0.4) is 0 Å². The van der Waals surface area contributed by atoms with Gasteiger partial charge in [0, 0.05) is 0 Å². The van der Waals surface area contributed by atoms with Crippen molar-refractivity contribution in [2.45, 2.75) is 114 Å². The van der Waals surface area contributed by atoms with Crippen LogP contribution in [-0.4, -0.2) is 52.3 Å². The molecule has 3 nitrogen and oxygen atoms in total. The fourth-order valence-corrected chi connectivity index (χ4v) is 12.9. The van der Waals surface area contributed by atoms with Crippen LogP contribution in [0.1, 0.15) is 80.6 Å². The molecule has 0 spiro atoms. The van der Waals surface area contributed by atoms with Gasteiger partial charge in [-0.1, -0.05) is 0 Å². The van der Waals surface area contributed by atoms with Crippen molar-refractivity contribution in [3.05, 3.63) is 30.3 Å². The van der Waals surface area contributed by atoms with E-state index in [4.69, 9.17) is 4.43 Å². The minimum absolute atomic E-state index is 0.223. The third-order valence-corrected chi connectivity index (χ3v) is 15.4. The quantitative estimate of drug-likeness (QED) is 0.304. The summed E-state index contributed by atoms with van der Waals surface area (Å²) in [5, 5.41) is 21.6. The van der Waals surface area contributed by atoms with E-state index in [2.05, 4.69) is 72.7 Å². The molecule has 0 saturated heterocycles. The molecule has 0 aliphatic rings. The van der Waals surface area contributed by atoms with E-state index in [0.29, 0.717) is 36.1 Å². The maximum atomic E-state index is 10.9. The standard InChI is InChI=1S/C25H46O3SeSi/c1-8-9-15-25(29-23-13-11-10-12-14-23)24(27)18-22(26)16-17-28-30(19(2)3,20(4)5)21(6)7/h10-14,19-22,24-27H,8-9,15-18H2,1-7H3/t22-,24-,25-/m1/s1. The molecule has 0 saturated carbocycles. The second-order valence-electron chi connectivity index (χ2n) is 9.52. The molecule has 0 fully saturated rings. The number of hydrogen-bond donors (Lipinski definition) is 2. The Morgan fingerprint density at radius 2 is 1.47 bits per heavy atom. The van der Waals surface area contributed by atoms with Crippen LogP contribution in [0.5, 0.6) is 0 Å². The number of aliphatic hydroxyl groups is 2. The summed E-state index contributed by atoms with van der Waals surface area (Å²) in [6.07, 6.45) is 3.39. The Balaban J connectivity index is 2.64. The van der Waals surface area contributed by atoms with Gasteiger partial charge in [-0.3, -0.25) is 0 Å². The van der Waals surface area contributed by atoms with Gasteiger partial charge in [0.05, 0.1) is 0 Å². The molecule has 1 aromatic rings. The molecule has 0 heterocycles. The van der Waals surface area contributed by atoms with Gasteiger partial charge in [0.2, 0.25) is 0 Å². The van der Waals surface area contributed by atoms with Gasteiger partial charge in [-0.15, -0.1) is 0 Å². The van der Waals surface area contributed by atoms with Crippen molar-refractivity contribution in [2.24, 2.45) is 0 Å². The van der Waals surface area contributed by atoms with Gasteiger partial charge in [-0.25, -0.2) is 0 Å². The SMILES string of the molecule is CCCC[C@@H]([Se]c1ccccc1)[C@H](O)C[C@H](O)CCO[Si](C(C)C)(C(C)C)C(C)C. The first-order valence-corrected chi connectivity index (χ1v) is 15.8. The third-order valence-electron chi connectivity index (χ3n) is 6.33. The van der Waals surface area contributed by atoms with Crippen LogP contribution in [-0.2, 0) is 4.43 Å². The van der Waals surface area contributed by atoms with Crippen LogP contribution in [0.2, 0.25) is 21.4 Å². The van der Waals surface area contributed by atoms with E-state index < -0.39 is 20.5 Å². The Labute approximate surface area is 193 Å². The third kappa shape index (κ3) is 8.41. The van der Waals surface area contributed by atoms with E-state index in [1.54, 1.807) is 0 Å². The Kier molecular flexibility index (Phi) is 13.1. The number of benzene rings is 1. The summed E-state index contributed by atoms with van der Waals surface area (Å²) in [5.41, 5.74) is 1.65. The number of rotatable bonds is 15. The van der Waals surface area contributed by atoms with E-state index in [0.717, 1.165) is 19.3 Å². The molecule has 3 atom stereocenters. The summed E-state index contributed by atoms with van der Waals surface area (Å²) in [6, 6.07) is 10.5. The first-order valence-electron chi connectivity index (χ1n) is 11.9. The van der Waals surface area contributed by atoms with Gasteiger partial charge < -0.3 is 0 Å². The fraction of sp³-hybridized carbons (Fsp3) is 0.760. The summed E-state index contributed by atoms with van der Waals surface area (Å²) in [6.45, 7) is 16.5. The fourth-order valence-electron chi connectivity index (χ4n) is 4.83. The average molecular weight is 502 g/mol. The Morgan fingerprint density at radius 1 is 0.900 bits per heavy atom. The van der Waals surface area contributed by atoms with E-state index in [1.807, 2.05) is 6.07 Å². The molecule has 0 unspecified atom stereocenters. The van der Waals surface area contributed by atoms with Crippen molar-refractivity contribution in [3.8, 4) is 0 Å². The minimum atomic E-state index is -1.90. The molecule has 30 heavy (non-hydrogen) atoms. The molecule has 2 N–H and O–H groups in total. The molecule has 1 rings (SSSR count). The maximum absolute atomic E-state index is 10.9. The molecule has 0 aromatic heterocycles. The van der Waals surface area contributed by atoms with Crippen LogP contribution in [0.25, 0.3) is 0 Å². The second kappa shape index (κ2) is 14.1. The van der Waals surface area contributed by atoms with Crippen molar-refractivity contribution >= 4 is 27.7 Å². The van der Waals surface area contributed by atoms with Crippen molar-refractivity contribution in [1.29, 1.82) is 0 Å². The van der Waals surface area contributed by atoms with E-state index in [9.17, 15) is 10.2 Å². The van der Waals surface area contributed by atoms with Gasteiger partial charge in [-0.05, 0) is 0 Å². The summed E-state index contributed by atoms with van der Waals surface area (Å²) >= 11 is 0.223. The molecule has 0 radical (unpaired) electrons. The molecule has 0 bridgehead atoms. The monoisotopic (exact) mass is 502 g/mol. The molecule has 0 amide bonds. The van der Waals surface area contributed by atoms with Gasteiger partial charge in [0.25, 0.3) is 0 Å². The number of unbranched alkanes of at least 4 members (excludes halogenated alkanes) is 1. The Hall–Kier alpha value is -0.164. The summed E-state index contributed by atoms with van der Waals surface area (Å²) < 4.78 is 7.91. The average Bonchev–Trinajstić information content (AvgIpc) is 2.68. The van der Waals surface area contributed by atoms with Crippen LogP contribution in [0, 0.1) is 0 Å². The zero-order valence-electron chi connectivity index (χ0n) is 20.3. The van der Waals surface area contributed by atoms with Crippen LogP contribution >= 0.6 is 0 Å². The van der Waals surface area contributed by atoms with Crippen molar-refractivity contribution in [1.82, 2.24) is 0 Å². The zero-order valence-corrected chi connectivity index (χ0v) is 23.0.